The zero-order chi connectivity index (χ0) is 7.40. The highest BCUT2D eigenvalue weighted by molar-refractivity contribution is 9.11. The fourth-order valence-corrected chi connectivity index (χ4v) is 2.03. The van der Waals surface area contributed by atoms with Gasteiger partial charge in [0.05, 0.1) is 0 Å². The van der Waals surface area contributed by atoms with Gasteiger partial charge in [-0.05, 0) is 36.1 Å². The Morgan fingerprint density at radius 1 is 1.70 bits per heavy atom. The highest BCUT2D eigenvalue weighted by atomic mass is 79.9. The Morgan fingerprint density at radius 3 is 3.10 bits per heavy atom. The lowest BCUT2D eigenvalue weighted by Crippen LogP contribution is -2.06. The van der Waals surface area contributed by atoms with Crippen molar-refractivity contribution < 1.29 is 5.11 Å². The topological polar surface area (TPSA) is 20.2 Å². The number of aliphatic hydroxyl groups is 1. The van der Waals surface area contributed by atoms with E-state index in [1.165, 1.54) is 23.7 Å². The zero-order valence-electron chi connectivity index (χ0n) is 6.02. The minimum Gasteiger partial charge on any atom is -0.396 e. The molecule has 0 bridgehead atoms. The van der Waals surface area contributed by atoms with Crippen molar-refractivity contribution in [1.29, 1.82) is 0 Å². The molecule has 0 saturated heterocycles. The SMILES string of the molecule is OCC[C@H]1CCCC=C1Br. The van der Waals surface area contributed by atoms with E-state index in [-0.39, 0.29) is 0 Å². The molecule has 0 heterocycles. The molecule has 10 heavy (non-hydrogen) atoms. The van der Waals surface area contributed by atoms with Gasteiger partial charge in [-0.15, -0.1) is 0 Å². The molecule has 0 aromatic heterocycles. The molecule has 0 spiro atoms. The van der Waals surface area contributed by atoms with Crippen molar-refractivity contribution in [2.45, 2.75) is 25.7 Å². The molecule has 1 aliphatic carbocycles. The molecule has 1 aliphatic rings. The van der Waals surface area contributed by atoms with Gasteiger partial charge in [0.1, 0.15) is 0 Å². The summed E-state index contributed by atoms with van der Waals surface area (Å²) < 4.78 is 1.30. The van der Waals surface area contributed by atoms with Gasteiger partial charge in [-0.3, -0.25) is 0 Å². The van der Waals surface area contributed by atoms with E-state index in [9.17, 15) is 0 Å². The lowest BCUT2D eigenvalue weighted by molar-refractivity contribution is 0.263. The van der Waals surface area contributed by atoms with Crippen LogP contribution in [0.5, 0.6) is 0 Å². The number of aliphatic hydroxyl groups excluding tert-OH is 1. The summed E-state index contributed by atoms with van der Waals surface area (Å²) in [6.45, 7) is 0.313. The van der Waals surface area contributed by atoms with Gasteiger partial charge in [-0.2, -0.15) is 0 Å². The van der Waals surface area contributed by atoms with Crippen LogP contribution in [0.25, 0.3) is 0 Å². The number of hydrogen-bond donors (Lipinski definition) is 1. The molecular weight excluding hydrogens is 192 g/mol. The van der Waals surface area contributed by atoms with E-state index in [2.05, 4.69) is 22.0 Å². The average Bonchev–Trinajstić information content (AvgIpc) is 1.94. The smallest absolute Gasteiger partial charge is 0.0437 e. The lowest BCUT2D eigenvalue weighted by Gasteiger charge is -2.18. The Hall–Kier alpha value is 0.180. The van der Waals surface area contributed by atoms with E-state index in [4.69, 9.17) is 5.11 Å². The Morgan fingerprint density at radius 2 is 2.50 bits per heavy atom. The summed E-state index contributed by atoms with van der Waals surface area (Å²) in [6, 6.07) is 0. The van der Waals surface area contributed by atoms with Crippen molar-refractivity contribution in [3.8, 4) is 0 Å². The number of rotatable bonds is 2. The highest BCUT2D eigenvalue weighted by Gasteiger charge is 2.14. The van der Waals surface area contributed by atoms with Crippen LogP contribution in [0.3, 0.4) is 0 Å². The molecule has 58 valence electrons. The van der Waals surface area contributed by atoms with Gasteiger partial charge in [0.25, 0.3) is 0 Å². The van der Waals surface area contributed by atoms with Crippen LogP contribution >= 0.6 is 15.9 Å². The first-order valence-electron chi connectivity index (χ1n) is 3.81. The van der Waals surface area contributed by atoms with Gasteiger partial charge in [-0.1, -0.05) is 22.0 Å². The summed E-state index contributed by atoms with van der Waals surface area (Å²) in [7, 11) is 0. The highest BCUT2D eigenvalue weighted by Crippen LogP contribution is 2.30. The van der Waals surface area contributed by atoms with Crippen molar-refractivity contribution in [2.24, 2.45) is 5.92 Å². The van der Waals surface area contributed by atoms with E-state index >= 15 is 0 Å². The number of allylic oxidation sites excluding steroid dienone is 2. The van der Waals surface area contributed by atoms with Crippen LogP contribution in [0, 0.1) is 5.92 Å². The molecular formula is C8H13BrO. The van der Waals surface area contributed by atoms with Crippen molar-refractivity contribution in [2.75, 3.05) is 6.61 Å². The summed E-state index contributed by atoms with van der Waals surface area (Å²) in [5.74, 6) is 0.596. The molecule has 1 rings (SSSR count). The predicted molar refractivity (Wildman–Crippen MR) is 46.1 cm³/mol. The lowest BCUT2D eigenvalue weighted by atomic mass is 9.93. The molecule has 0 aromatic rings. The largest absolute Gasteiger partial charge is 0.396 e. The van der Waals surface area contributed by atoms with Gasteiger partial charge in [0.15, 0.2) is 0 Å². The van der Waals surface area contributed by atoms with Gasteiger partial charge in [-0.25, -0.2) is 0 Å². The Kier molecular flexibility index (Phi) is 3.43. The van der Waals surface area contributed by atoms with E-state index < -0.39 is 0 Å². The van der Waals surface area contributed by atoms with Gasteiger partial charge >= 0.3 is 0 Å². The first kappa shape index (κ1) is 8.28. The normalized spacial score (nSPS) is 26.2. The maximum Gasteiger partial charge on any atom is 0.0437 e. The van der Waals surface area contributed by atoms with Gasteiger partial charge in [0, 0.05) is 6.61 Å². The third-order valence-electron chi connectivity index (χ3n) is 1.96. The molecule has 0 unspecified atom stereocenters. The molecule has 0 radical (unpaired) electrons. The van der Waals surface area contributed by atoms with Crippen molar-refractivity contribution >= 4 is 15.9 Å². The van der Waals surface area contributed by atoms with Crippen LogP contribution in [0.1, 0.15) is 25.7 Å². The van der Waals surface area contributed by atoms with Crippen LogP contribution in [0.4, 0.5) is 0 Å². The molecule has 1 nitrogen and oxygen atoms in total. The van der Waals surface area contributed by atoms with E-state index in [1.54, 1.807) is 0 Å². The minimum atomic E-state index is 0.313. The monoisotopic (exact) mass is 204 g/mol. The van der Waals surface area contributed by atoms with E-state index in [0.717, 1.165) is 6.42 Å². The van der Waals surface area contributed by atoms with Crippen LogP contribution in [0.2, 0.25) is 0 Å². The molecule has 0 amide bonds. The summed E-state index contributed by atoms with van der Waals surface area (Å²) in [5, 5.41) is 8.69. The summed E-state index contributed by atoms with van der Waals surface area (Å²) in [5.41, 5.74) is 0. The Bertz CT molecular complexity index is 131. The van der Waals surface area contributed by atoms with Crippen LogP contribution in [-0.2, 0) is 0 Å². The third-order valence-corrected chi connectivity index (χ3v) is 2.93. The summed E-state index contributed by atoms with van der Waals surface area (Å²) in [4.78, 5) is 0. The number of halogens is 1. The minimum absolute atomic E-state index is 0.313. The van der Waals surface area contributed by atoms with Crippen LogP contribution in [0.15, 0.2) is 10.6 Å². The maximum atomic E-state index is 8.69. The predicted octanol–water partition coefficient (Wildman–Crippen LogP) is 2.45. The second-order valence-corrected chi connectivity index (χ2v) is 3.64. The van der Waals surface area contributed by atoms with Crippen molar-refractivity contribution in [3.63, 3.8) is 0 Å². The molecule has 1 atom stereocenters. The van der Waals surface area contributed by atoms with E-state index in [1.807, 2.05) is 0 Å². The molecule has 0 aromatic carbocycles. The molecule has 2 heteroatoms. The molecule has 0 fully saturated rings. The first-order chi connectivity index (χ1) is 4.84. The third kappa shape index (κ3) is 2.10. The molecule has 0 saturated carbocycles. The zero-order valence-corrected chi connectivity index (χ0v) is 7.60. The molecule has 0 aliphatic heterocycles. The van der Waals surface area contributed by atoms with E-state index in [0.29, 0.717) is 12.5 Å². The Labute approximate surface area is 70.3 Å². The van der Waals surface area contributed by atoms with Crippen LogP contribution in [-0.4, -0.2) is 11.7 Å². The second kappa shape index (κ2) is 4.14. The maximum absolute atomic E-state index is 8.69. The van der Waals surface area contributed by atoms with Crippen LogP contribution < -0.4 is 0 Å². The van der Waals surface area contributed by atoms with Crippen molar-refractivity contribution in [3.05, 3.63) is 10.6 Å². The standard InChI is InChI=1S/C8H13BrO/c9-8-4-2-1-3-7(8)5-6-10/h4,7,10H,1-3,5-6H2/t7-/m1/s1. The fraction of sp³-hybridized carbons (Fsp3) is 0.750. The van der Waals surface area contributed by atoms with Gasteiger partial charge < -0.3 is 5.11 Å². The summed E-state index contributed by atoms with van der Waals surface area (Å²) in [6.07, 6.45) is 6.85. The fourth-order valence-electron chi connectivity index (χ4n) is 1.35. The quantitative estimate of drug-likeness (QED) is 0.734. The molecule has 1 N–H and O–H groups in total. The van der Waals surface area contributed by atoms with Gasteiger partial charge in [0.2, 0.25) is 0 Å². The first-order valence-corrected chi connectivity index (χ1v) is 4.60. The average molecular weight is 205 g/mol. The summed E-state index contributed by atoms with van der Waals surface area (Å²) >= 11 is 3.51. The second-order valence-electron chi connectivity index (χ2n) is 2.73. The Balaban J connectivity index is 2.41. The number of hydrogen-bond acceptors (Lipinski definition) is 1. The van der Waals surface area contributed by atoms with Crippen molar-refractivity contribution in [1.82, 2.24) is 0 Å².